The molecule has 2 amide bonds. The fourth-order valence-electron chi connectivity index (χ4n) is 3.91. The first-order valence-corrected chi connectivity index (χ1v) is 10.2. The van der Waals surface area contributed by atoms with Crippen molar-refractivity contribution in [1.82, 2.24) is 14.7 Å². The number of terminal acetylenes is 1. The van der Waals surface area contributed by atoms with Crippen molar-refractivity contribution in [3.05, 3.63) is 60.2 Å². The minimum Gasteiger partial charge on any atom is -0.457 e. The van der Waals surface area contributed by atoms with Gasteiger partial charge in [-0.05, 0) is 55.2 Å². The molecule has 1 unspecified atom stereocenters. The van der Waals surface area contributed by atoms with Gasteiger partial charge in [0.1, 0.15) is 28.6 Å². The lowest BCUT2D eigenvalue weighted by atomic mass is 10.1. The standard InChI is InChI=1S/C24H23N5O3/c1-2-20(30)28-14-6-7-17(15-28)29-23(25)21(24(26)31)22(27-29)16-10-12-19(13-11-16)32-18-8-4-3-5-9-18/h1,3-5,8-13,17H,6-7,14-15,25H2,(H2,26,31). The largest absolute Gasteiger partial charge is 0.457 e. The molecular formula is C24H23N5O3. The average molecular weight is 429 g/mol. The Bertz CT molecular complexity index is 1180. The van der Waals surface area contributed by atoms with Crippen molar-refractivity contribution in [2.75, 3.05) is 18.8 Å². The molecule has 0 spiro atoms. The average Bonchev–Trinajstić information content (AvgIpc) is 3.17. The quantitative estimate of drug-likeness (QED) is 0.605. The number of anilines is 1. The third-order valence-corrected chi connectivity index (χ3v) is 5.45. The molecule has 3 aromatic rings. The molecule has 2 heterocycles. The number of carbonyl (C=O) groups excluding carboxylic acids is 2. The summed E-state index contributed by atoms with van der Waals surface area (Å²) < 4.78 is 7.40. The first-order chi connectivity index (χ1) is 15.5. The summed E-state index contributed by atoms with van der Waals surface area (Å²) in [4.78, 5) is 25.7. The van der Waals surface area contributed by atoms with E-state index in [4.69, 9.17) is 22.6 Å². The molecule has 1 atom stereocenters. The van der Waals surface area contributed by atoms with Crippen LogP contribution < -0.4 is 16.2 Å². The third kappa shape index (κ3) is 4.14. The second-order valence-electron chi connectivity index (χ2n) is 7.55. The van der Waals surface area contributed by atoms with Gasteiger partial charge in [0.2, 0.25) is 0 Å². The van der Waals surface area contributed by atoms with Crippen molar-refractivity contribution in [3.8, 4) is 35.1 Å². The summed E-state index contributed by atoms with van der Waals surface area (Å²) in [6.45, 7) is 0.954. The molecule has 0 aliphatic carbocycles. The number of benzene rings is 2. The van der Waals surface area contributed by atoms with Crippen molar-refractivity contribution in [2.45, 2.75) is 18.9 Å². The van der Waals surface area contributed by atoms with E-state index in [-0.39, 0.29) is 23.3 Å². The number of hydrogen-bond donors (Lipinski definition) is 2. The Balaban J connectivity index is 1.64. The van der Waals surface area contributed by atoms with Gasteiger partial charge in [0.05, 0.1) is 6.04 Å². The minimum absolute atomic E-state index is 0.155. The van der Waals surface area contributed by atoms with Gasteiger partial charge in [-0.1, -0.05) is 18.2 Å². The van der Waals surface area contributed by atoms with Gasteiger partial charge in [-0.3, -0.25) is 9.59 Å². The van der Waals surface area contributed by atoms with Gasteiger partial charge in [-0.25, -0.2) is 4.68 Å². The maximum absolute atomic E-state index is 12.2. The van der Waals surface area contributed by atoms with E-state index in [0.29, 0.717) is 30.1 Å². The predicted octanol–water partition coefficient (Wildman–Crippen LogP) is 2.82. The highest BCUT2D eigenvalue weighted by Gasteiger charge is 2.29. The lowest BCUT2D eigenvalue weighted by molar-refractivity contribution is -0.126. The van der Waals surface area contributed by atoms with E-state index in [9.17, 15) is 9.59 Å². The second kappa shape index (κ2) is 8.86. The summed E-state index contributed by atoms with van der Waals surface area (Å²) in [5, 5.41) is 4.62. The molecule has 4 N–H and O–H groups in total. The van der Waals surface area contributed by atoms with Crippen LogP contribution in [-0.4, -0.2) is 39.6 Å². The lowest BCUT2D eigenvalue weighted by Crippen LogP contribution is -2.40. The van der Waals surface area contributed by atoms with Crippen LogP contribution in [-0.2, 0) is 4.79 Å². The molecule has 1 aliphatic rings. The fourth-order valence-corrected chi connectivity index (χ4v) is 3.91. The van der Waals surface area contributed by atoms with Crippen LogP contribution in [0.1, 0.15) is 29.2 Å². The molecule has 0 bridgehead atoms. The molecule has 0 radical (unpaired) electrons. The molecule has 1 aliphatic heterocycles. The van der Waals surface area contributed by atoms with E-state index < -0.39 is 5.91 Å². The van der Waals surface area contributed by atoms with Crippen molar-refractivity contribution >= 4 is 17.6 Å². The molecule has 8 heteroatoms. The Morgan fingerprint density at radius 3 is 2.44 bits per heavy atom. The molecule has 162 valence electrons. The highest BCUT2D eigenvalue weighted by atomic mass is 16.5. The van der Waals surface area contributed by atoms with Gasteiger partial charge < -0.3 is 21.1 Å². The zero-order valence-electron chi connectivity index (χ0n) is 17.4. The number of aromatic nitrogens is 2. The smallest absolute Gasteiger partial charge is 0.298 e. The van der Waals surface area contributed by atoms with E-state index in [1.807, 2.05) is 30.3 Å². The van der Waals surface area contributed by atoms with Crippen LogP contribution in [0.25, 0.3) is 11.3 Å². The van der Waals surface area contributed by atoms with Crippen LogP contribution in [0.2, 0.25) is 0 Å². The van der Waals surface area contributed by atoms with Gasteiger partial charge in [0.25, 0.3) is 11.8 Å². The molecular weight excluding hydrogens is 406 g/mol. The monoisotopic (exact) mass is 429 g/mol. The van der Waals surface area contributed by atoms with Crippen LogP contribution in [0.3, 0.4) is 0 Å². The van der Waals surface area contributed by atoms with E-state index in [1.165, 1.54) is 0 Å². The number of nitrogens with two attached hydrogens (primary N) is 2. The van der Waals surface area contributed by atoms with E-state index in [2.05, 4.69) is 11.0 Å². The summed E-state index contributed by atoms with van der Waals surface area (Å²) in [5.74, 6) is 2.65. The highest BCUT2D eigenvalue weighted by molar-refractivity contribution is 6.03. The molecule has 1 aromatic heterocycles. The number of primary amides is 1. The molecule has 1 fully saturated rings. The Morgan fingerprint density at radius 2 is 1.78 bits per heavy atom. The summed E-state index contributed by atoms with van der Waals surface area (Å²) in [7, 11) is 0. The van der Waals surface area contributed by atoms with Gasteiger partial charge in [-0.2, -0.15) is 5.10 Å². The van der Waals surface area contributed by atoms with Gasteiger partial charge in [0.15, 0.2) is 0 Å². The summed E-state index contributed by atoms with van der Waals surface area (Å²) in [6.07, 6.45) is 6.77. The van der Waals surface area contributed by atoms with Crippen LogP contribution in [0.15, 0.2) is 54.6 Å². The normalized spacial score (nSPS) is 15.7. The summed E-state index contributed by atoms with van der Waals surface area (Å²) >= 11 is 0. The van der Waals surface area contributed by atoms with E-state index in [1.54, 1.807) is 33.8 Å². The first kappa shape index (κ1) is 21.0. The lowest BCUT2D eigenvalue weighted by Gasteiger charge is -2.32. The Morgan fingerprint density at radius 1 is 1.09 bits per heavy atom. The van der Waals surface area contributed by atoms with Crippen molar-refractivity contribution < 1.29 is 14.3 Å². The zero-order valence-corrected chi connectivity index (χ0v) is 17.4. The third-order valence-electron chi connectivity index (χ3n) is 5.45. The topological polar surface area (TPSA) is 116 Å². The van der Waals surface area contributed by atoms with Gasteiger partial charge in [-0.15, -0.1) is 6.42 Å². The summed E-state index contributed by atoms with van der Waals surface area (Å²) in [5.41, 5.74) is 13.2. The molecule has 0 saturated carbocycles. The molecule has 32 heavy (non-hydrogen) atoms. The Labute approximate surface area is 185 Å². The van der Waals surface area contributed by atoms with Gasteiger partial charge in [0, 0.05) is 18.7 Å². The van der Waals surface area contributed by atoms with Crippen LogP contribution in [0.4, 0.5) is 5.82 Å². The number of ether oxygens (including phenoxy) is 1. The number of piperidine rings is 1. The number of amides is 2. The number of rotatable bonds is 5. The minimum atomic E-state index is -0.666. The van der Waals surface area contributed by atoms with E-state index in [0.717, 1.165) is 18.6 Å². The number of likely N-dealkylation sites (tertiary alicyclic amines) is 1. The SMILES string of the molecule is C#CC(=O)N1CCCC(n2nc(-c3ccc(Oc4ccccc4)cc3)c(C(N)=O)c2N)C1. The predicted molar refractivity (Wildman–Crippen MR) is 121 cm³/mol. The zero-order chi connectivity index (χ0) is 22.7. The van der Waals surface area contributed by atoms with Crippen molar-refractivity contribution in [2.24, 2.45) is 5.73 Å². The van der Waals surface area contributed by atoms with E-state index >= 15 is 0 Å². The number of para-hydroxylation sites is 1. The number of nitrogens with zero attached hydrogens (tertiary/aromatic N) is 3. The van der Waals surface area contributed by atoms with Crippen LogP contribution in [0.5, 0.6) is 11.5 Å². The molecule has 8 nitrogen and oxygen atoms in total. The fraction of sp³-hybridized carbons (Fsp3) is 0.208. The Hall–Kier alpha value is -4.25. The van der Waals surface area contributed by atoms with Crippen molar-refractivity contribution in [1.29, 1.82) is 0 Å². The Kier molecular flexibility index (Phi) is 5.81. The van der Waals surface area contributed by atoms with Crippen LogP contribution in [0, 0.1) is 12.3 Å². The number of nitrogen functional groups attached to an aromatic ring is 1. The van der Waals surface area contributed by atoms with Gasteiger partial charge >= 0.3 is 0 Å². The van der Waals surface area contributed by atoms with Crippen LogP contribution >= 0.6 is 0 Å². The molecule has 4 rings (SSSR count). The number of carbonyl (C=O) groups is 2. The second-order valence-corrected chi connectivity index (χ2v) is 7.55. The molecule has 2 aromatic carbocycles. The maximum Gasteiger partial charge on any atom is 0.298 e. The first-order valence-electron chi connectivity index (χ1n) is 10.2. The maximum atomic E-state index is 12.2. The molecule has 1 saturated heterocycles. The van der Waals surface area contributed by atoms with Crippen molar-refractivity contribution in [3.63, 3.8) is 0 Å². The number of hydrogen-bond acceptors (Lipinski definition) is 5. The highest BCUT2D eigenvalue weighted by Crippen LogP contribution is 2.33. The summed E-state index contributed by atoms with van der Waals surface area (Å²) in [6, 6.07) is 16.4.